The van der Waals surface area contributed by atoms with Crippen LogP contribution in [0.5, 0.6) is 0 Å². The molecule has 0 fully saturated rings. The van der Waals surface area contributed by atoms with E-state index in [0.717, 1.165) is 0 Å². The molecule has 0 aliphatic heterocycles. The second-order valence-corrected chi connectivity index (χ2v) is 41.6. The van der Waals surface area contributed by atoms with Gasteiger partial charge in [0.1, 0.15) is 0 Å². The zero-order valence-corrected chi connectivity index (χ0v) is 28.8. The van der Waals surface area contributed by atoms with Crippen LogP contribution in [0.4, 0.5) is 0 Å². The first kappa shape index (κ1) is 30.3. The first-order valence-corrected chi connectivity index (χ1v) is 29.6. The zero-order valence-electron chi connectivity index (χ0n) is 22.2. The van der Waals surface area contributed by atoms with Gasteiger partial charge in [0.15, 0.2) is 0 Å². The predicted octanol–water partition coefficient (Wildman–Crippen LogP) is 9.10. The van der Waals surface area contributed by atoms with E-state index in [1.807, 2.05) is 0 Å². The molecule has 3 aromatic carbocycles. The van der Waals surface area contributed by atoms with Gasteiger partial charge in [0.05, 0.1) is 0 Å². The van der Waals surface area contributed by atoms with Crippen molar-refractivity contribution in [3.63, 3.8) is 0 Å². The number of allylic oxidation sites excluding steroid dienone is 2. The molecule has 0 saturated carbocycles. The number of benzene rings is 3. The van der Waals surface area contributed by atoms with E-state index in [0.29, 0.717) is 7.35 Å². The number of fused-ring (bicyclic) bond motifs is 2. The quantitative estimate of drug-likeness (QED) is 0.130. The minimum atomic E-state index is -3.01. The van der Waals surface area contributed by atoms with Gasteiger partial charge in [-0.05, 0) is 0 Å². The number of halogens is 2. The fourth-order valence-corrected chi connectivity index (χ4v) is 50.5. The van der Waals surface area contributed by atoms with Crippen LogP contribution in [-0.4, -0.2) is 6.71 Å². The molecule has 0 nitrogen and oxygen atoms in total. The van der Waals surface area contributed by atoms with Crippen molar-refractivity contribution in [1.82, 2.24) is 0 Å². The van der Waals surface area contributed by atoms with E-state index < -0.39 is 19.1 Å². The molecule has 0 saturated heterocycles. The summed E-state index contributed by atoms with van der Waals surface area (Å²) in [5.41, 5.74) is 6.27. The summed E-state index contributed by atoms with van der Waals surface area (Å²) in [4.78, 5) is 0. The zero-order chi connectivity index (χ0) is 23.9. The molecule has 0 aromatic heterocycles. The molecule has 0 spiro atoms. The molecule has 2 atom stereocenters. The van der Waals surface area contributed by atoms with E-state index in [4.69, 9.17) is 0 Å². The number of hydrogen-bond donors (Lipinski definition) is 0. The summed E-state index contributed by atoms with van der Waals surface area (Å²) in [5, 5.41) is 1.70. The Kier molecular flexibility index (Phi) is 12.2. The van der Waals surface area contributed by atoms with Gasteiger partial charge in [-0.25, -0.2) is 0 Å². The van der Waals surface area contributed by atoms with E-state index in [1.54, 1.807) is 16.3 Å². The second kappa shape index (κ2) is 14.8. The van der Waals surface area contributed by atoms with Gasteiger partial charge in [-0.1, -0.05) is 0 Å². The van der Waals surface area contributed by atoms with Gasteiger partial charge in [-0.3, -0.25) is 0 Å². The first-order valence-electron chi connectivity index (χ1n) is 13.9. The Hall–Kier alpha value is -1.19. The van der Waals surface area contributed by atoms with Gasteiger partial charge in [0.25, 0.3) is 0 Å². The molecule has 5 rings (SSSR count). The van der Waals surface area contributed by atoms with Crippen LogP contribution in [0.2, 0.25) is 4.18 Å². The van der Waals surface area contributed by atoms with Crippen LogP contribution in [0.1, 0.15) is 81.5 Å². The third-order valence-corrected chi connectivity index (χ3v) is 48.7. The van der Waals surface area contributed by atoms with Crippen LogP contribution in [0, 0.1) is 0 Å². The van der Waals surface area contributed by atoms with Crippen LogP contribution >= 0.6 is 24.8 Å². The van der Waals surface area contributed by atoms with Crippen molar-refractivity contribution in [3.8, 4) is 0 Å². The van der Waals surface area contributed by atoms with Crippen LogP contribution in [0.3, 0.4) is 0 Å². The average molecular weight is 716 g/mol. The topological polar surface area (TPSA) is 0 Å². The number of rotatable bonds is 12. The average Bonchev–Trinajstić information content (AvgIpc) is 3.53. The van der Waals surface area contributed by atoms with Crippen molar-refractivity contribution in [2.45, 2.75) is 63.4 Å². The Morgan fingerprint density at radius 2 is 1.08 bits per heavy atom. The smallest absolute Gasteiger partial charge is 0.147 e. The van der Waals surface area contributed by atoms with E-state index in [-0.39, 0.29) is 31.5 Å². The molecule has 0 amide bonds. The van der Waals surface area contributed by atoms with Gasteiger partial charge in [0, 0.05) is 0 Å². The molecule has 196 valence electrons. The Morgan fingerprint density at radius 1 is 0.595 bits per heavy atom. The maximum Gasteiger partial charge on any atom is -0.147 e. The van der Waals surface area contributed by atoms with Crippen molar-refractivity contribution in [1.29, 1.82) is 0 Å². The predicted molar refractivity (Wildman–Crippen MR) is 168 cm³/mol. The molecule has 2 unspecified atom stereocenters. The molecular weight excluding hydrogens is 674 g/mol. The van der Waals surface area contributed by atoms with Crippen molar-refractivity contribution in [2.24, 2.45) is 0 Å². The van der Waals surface area contributed by atoms with Crippen LogP contribution in [0.25, 0.3) is 12.2 Å². The summed E-state index contributed by atoms with van der Waals surface area (Å²) in [7, 11) is 0. The monoisotopic (exact) mass is 716 g/mol. The fraction of sp³-hybridized carbons (Fsp3) is 0.333. The van der Waals surface area contributed by atoms with Crippen LogP contribution < -0.4 is 5.19 Å². The molecule has 2 aliphatic carbocycles. The molecular formula is C33H42Cl2HfSi. The SMILES string of the molecule is CCCCCCCC[CH2][Hf]([SiH2]c1ccccc1)([CH]1C=Cc2ccccc21)[CH]1C=Cc2ccccc21.Cl.Cl. The largest absolute Gasteiger partial charge is 0.147 e. The maximum atomic E-state index is 2.66. The molecule has 0 N–H and O–H groups in total. The van der Waals surface area contributed by atoms with E-state index in [9.17, 15) is 0 Å². The van der Waals surface area contributed by atoms with E-state index >= 15 is 0 Å². The van der Waals surface area contributed by atoms with Gasteiger partial charge >= 0.3 is 220 Å². The van der Waals surface area contributed by atoms with Gasteiger partial charge in [-0.2, -0.15) is 0 Å². The standard InChI is InChI=1S/2C9H7.C9H19.C6H7Si.2ClH.Hf/c2*1-2-5-9-7-3-6-8(9)4-1;1-3-5-7-9-8-6-4-2;7-6-4-2-1-3-5-6;;;/h2*1-7H;1,3-9H2,2H3;1-5H,7H2;2*1H;. The number of unbranched alkanes of at least 4 members (excludes halogenated alkanes) is 6. The second-order valence-electron chi connectivity index (χ2n) is 10.7. The molecule has 0 radical (unpaired) electrons. The molecule has 37 heavy (non-hydrogen) atoms. The summed E-state index contributed by atoms with van der Waals surface area (Å²) < 4.78 is 2.96. The Bertz CT molecular complexity index is 1110. The van der Waals surface area contributed by atoms with Gasteiger partial charge in [0.2, 0.25) is 0 Å². The molecule has 0 heterocycles. The Labute approximate surface area is 243 Å². The van der Waals surface area contributed by atoms with Crippen molar-refractivity contribution in [3.05, 3.63) is 113 Å². The van der Waals surface area contributed by atoms with Gasteiger partial charge < -0.3 is 0 Å². The van der Waals surface area contributed by atoms with Crippen molar-refractivity contribution in [2.75, 3.05) is 0 Å². The van der Waals surface area contributed by atoms with Gasteiger partial charge in [-0.15, -0.1) is 24.8 Å². The van der Waals surface area contributed by atoms with Crippen molar-refractivity contribution >= 4 is 48.9 Å². The maximum absolute atomic E-state index is 3.01. The Balaban J connectivity index is 0.00000190. The normalized spacial score (nSPS) is 18.7. The van der Waals surface area contributed by atoms with Crippen molar-refractivity contribution < 1.29 is 19.1 Å². The van der Waals surface area contributed by atoms with E-state index in [2.05, 4.69) is 110 Å². The summed E-state index contributed by atoms with van der Waals surface area (Å²) >= 11 is -3.01. The first-order chi connectivity index (χ1) is 17.3. The summed E-state index contributed by atoms with van der Waals surface area (Å²) in [6.45, 7) is 1.95. The van der Waals surface area contributed by atoms with E-state index in [1.165, 1.54) is 60.3 Å². The summed E-state index contributed by atoms with van der Waals surface area (Å²) in [6, 6.07) is 30.3. The minimum absolute atomic E-state index is 0. The number of hydrogen-bond acceptors (Lipinski definition) is 0. The Morgan fingerprint density at radius 3 is 1.65 bits per heavy atom. The molecule has 2 aliphatic rings. The molecule has 4 heteroatoms. The van der Waals surface area contributed by atoms with Crippen LogP contribution in [-0.2, 0) is 19.1 Å². The summed E-state index contributed by atoms with van der Waals surface area (Å²) in [6.07, 6.45) is 20.1. The molecule has 3 aromatic rings. The summed E-state index contributed by atoms with van der Waals surface area (Å²) in [5.74, 6) is 0. The van der Waals surface area contributed by atoms with Crippen LogP contribution in [0.15, 0.2) is 91.0 Å². The fourth-order valence-electron chi connectivity index (χ4n) is 6.70. The third-order valence-electron chi connectivity index (χ3n) is 8.46. The molecule has 0 bridgehead atoms. The third kappa shape index (κ3) is 6.88. The minimum Gasteiger partial charge on any atom is -0.147 e.